The van der Waals surface area contributed by atoms with E-state index in [1.807, 2.05) is 54.6 Å². The van der Waals surface area contributed by atoms with Crippen LogP contribution in [0.4, 0.5) is 0 Å². The van der Waals surface area contributed by atoms with Crippen molar-refractivity contribution in [2.45, 2.75) is 6.42 Å². The normalized spacial score (nSPS) is 10.8. The molecule has 1 aromatic heterocycles. The summed E-state index contributed by atoms with van der Waals surface area (Å²) in [6.07, 6.45) is 3.32. The SMILES string of the molecule is COC(=O)c1nc(Cc2ccc(/C=C/C(=O)NO)cc2)[nH]c1-c1ccccc1. The van der Waals surface area contributed by atoms with Gasteiger partial charge < -0.3 is 9.72 Å². The maximum Gasteiger partial charge on any atom is 0.358 e. The van der Waals surface area contributed by atoms with Gasteiger partial charge in [0.25, 0.3) is 5.91 Å². The first-order valence-corrected chi connectivity index (χ1v) is 8.54. The summed E-state index contributed by atoms with van der Waals surface area (Å²) < 4.78 is 4.85. The van der Waals surface area contributed by atoms with Gasteiger partial charge in [0.15, 0.2) is 5.69 Å². The van der Waals surface area contributed by atoms with Crippen LogP contribution in [0, 0.1) is 0 Å². The highest BCUT2D eigenvalue weighted by Gasteiger charge is 2.19. The van der Waals surface area contributed by atoms with Crippen molar-refractivity contribution in [3.8, 4) is 11.3 Å². The van der Waals surface area contributed by atoms with Gasteiger partial charge in [-0.15, -0.1) is 0 Å². The number of aromatic nitrogens is 2. The number of amides is 1. The number of nitrogens with one attached hydrogen (secondary N) is 2. The maximum atomic E-state index is 12.1. The number of H-pyrrole nitrogens is 1. The molecular formula is C21H19N3O4. The Bertz CT molecular complexity index is 992. The molecule has 3 rings (SSSR count). The fraction of sp³-hybridized carbons (Fsp3) is 0.0952. The monoisotopic (exact) mass is 377 g/mol. The van der Waals surface area contributed by atoms with E-state index in [0.717, 1.165) is 16.7 Å². The summed E-state index contributed by atoms with van der Waals surface area (Å²) in [5.41, 5.74) is 5.05. The second-order valence-electron chi connectivity index (χ2n) is 5.99. The number of nitrogens with zero attached hydrogens (tertiary/aromatic N) is 1. The first kappa shape index (κ1) is 19.1. The van der Waals surface area contributed by atoms with E-state index in [9.17, 15) is 9.59 Å². The van der Waals surface area contributed by atoms with E-state index in [-0.39, 0.29) is 5.69 Å². The number of carbonyl (C=O) groups is 2. The van der Waals surface area contributed by atoms with Crippen molar-refractivity contribution in [2.75, 3.05) is 7.11 Å². The van der Waals surface area contributed by atoms with Gasteiger partial charge in [0.1, 0.15) is 5.82 Å². The molecule has 2 aromatic carbocycles. The van der Waals surface area contributed by atoms with Gasteiger partial charge in [-0.25, -0.2) is 15.3 Å². The van der Waals surface area contributed by atoms with E-state index in [1.54, 1.807) is 6.08 Å². The molecule has 0 saturated carbocycles. The van der Waals surface area contributed by atoms with Gasteiger partial charge in [-0.1, -0.05) is 54.6 Å². The number of methoxy groups -OCH3 is 1. The number of hydrogen-bond donors (Lipinski definition) is 3. The van der Waals surface area contributed by atoms with Gasteiger partial charge in [-0.05, 0) is 17.2 Å². The van der Waals surface area contributed by atoms with Crippen LogP contribution in [0.3, 0.4) is 0 Å². The minimum Gasteiger partial charge on any atom is -0.464 e. The molecule has 0 saturated heterocycles. The summed E-state index contributed by atoms with van der Waals surface area (Å²) >= 11 is 0. The number of esters is 1. The van der Waals surface area contributed by atoms with Crippen LogP contribution in [0.2, 0.25) is 0 Å². The number of hydrogen-bond acceptors (Lipinski definition) is 5. The number of aromatic amines is 1. The van der Waals surface area contributed by atoms with Crippen LogP contribution in [0.1, 0.15) is 27.4 Å². The minimum atomic E-state index is -0.594. The molecule has 7 nitrogen and oxygen atoms in total. The predicted octanol–water partition coefficient (Wildman–Crippen LogP) is 2.97. The molecule has 0 radical (unpaired) electrons. The largest absolute Gasteiger partial charge is 0.464 e. The number of hydroxylamine groups is 1. The van der Waals surface area contributed by atoms with Crippen LogP contribution in [0.5, 0.6) is 0 Å². The molecule has 1 heterocycles. The second kappa shape index (κ2) is 8.79. The van der Waals surface area contributed by atoms with Crippen molar-refractivity contribution in [3.63, 3.8) is 0 Å². The molecule has 1 amide bonds. The lowest BCUT2D eigenvalue weighted by atomic mass is 10.1. The minimum absolute atomic E-state index is 0.248. The number of benzene rings is 2. The van der Waals surface area contributed by atoms with Gasteiger partial charge in [0.2, 0.25) is 0 Å². The lowest BCUT2D eigenvalue weighted by Crippen LogP contribution is -2.14. The molecule has 3 N–H and O–H groups in total. The lowest BCUT2D eigenvalue weighted by molar-refractivity contribution is -0.124. The third kappa shape index (κ3) is 4.52. The number of rotatable bonds is 6. The second-order valence-corrected chi connectivity index (χ2v) is 5.99. The highest BCUT2D eigenvalue weighted by atomic mass is 16.5. The van der Waals surface area contributed by atoms with Crippen molar-refractivity contribution in [3.05, 3.63) is 83.3 Å². The van der Waals surface area contributed by atoms with Crippen LogP contribution >= 0.6 is 0 Å². The topological polar surface area (TPSA) is 104 Å². The lowest BCUT2D eigenvalue weighted by Gasteiger charge is -2.01. The predicted molar refractivity (Wildman–Crippen MR) is 104 cm³/mol. The summed E-state index contributed by atoms with van der Waals surface area (Å²) in [6, 6.07) is 17.0. The van der Waals surface area contributed by atoms with Crippen LogP contribution in [-0.4, -0.2) is 34.2 Å². The average molecular weight is 377 g/mol. The third-order valence-electron chi connectivity index (χ3n) is 4.08. The van der Waals surface area contributed by atoms with Crippen molar-refractivity contribution >= 4 is 18.0 Å². The Morgan fingerprint density at radius 3 is 2.50 bits per heavy atom. The van der Waals surface area contributed by atoms with E-state index >= 15 is 0 Å². The highest BCUT2D eigenvalue weighted by Crippen LogP contribution is 2.23. The van der Waals surface area contributed by atoms with Gasteiger partial charge in [-0.3, -0.25) is 10.0 Å². The van der Waals surface area contributed by atoms with Crippen LogP contribution in [0.15, 0.2) is 60.7 Å². The number of ether oxygens (including phenoxy) is 1. The van der Waals surface area contributed by atoms with Crippen LogP contribution in [-0.2, 0) is 16.0 Å². The fourth-order valence-corrected chi connectivity index (χ4v) is 2.71. The summed E-state index contributed by atoms with van der Waals surface area (Å²) in [4.78, 5) is 30.8. The van der Waals surface area contributed by atoms with E-state index in [2.05, 4.69) is 9.97 Å². The Hall–Kier alpha value is -3.71. The molecule has 0 aliphatic carbocycles. The Morgan fingerprint density at radius 2 is 1.86 bits per heavy atom. The number of imidazole rings is 1. The smallest absolute Gasteiger partial charge is 0.358 e. The molecule has 0 atom stereocenters. The summed E-state index contributed by atoms with van der Waals surface area (Å²) in [7, 11) is 1.33. The van der Waals surface area contributed by atoms with Crippen LogP contribution < -0.4 is 5.48 Å². The molecule has 7 heteroatoms. The molecule has 0 aliphatic rings. The van der Waals surface area contributed by atoms with Crippen molar-refractivity contribution in [1.82, 2.24) is 15.4 Å². The van der Waals surface area contributed by atoms with E-state index in [0.29, 0.717) is 17.9 Å². The Balaban J connectivity index is 1.83. The Morgan fingerprint density at radius 1 is 1.14 bits per heavy atom. The zero-order chi connectivity index (χ0) is 19.9. The quantitative estimate of drug-likeness (QED) is 0.265. The highest BCUT2D eigenvalue weighted by molar-refractivity contribution is 5.94. The third-order valence-corrected chi connectivity index (χ3v) is 4.08. The van der Waals surface area contributed by atoms with Crippen molar-refractivity contribution in [1.29, 1.82) is 0 Å². The first-order chi connectivity index (χ1) is 13.6. The van der Waals surface area contributed by atoms with Gasteiger partial charge in [0, 0.05) is 18.1 Å². The van der Waals surface area contributed by atoms with E-state index in [4.69, 9.17) is 9.94 Å². The molecule has 28 heavy (non-hydrogen) atoms. The molecule has 0 bridgehead atoms. The number of carbonyl (C=O) groups excluding carboxylic acids is 2. The molecule has 142 valence electrons. The van der Waals surface area contributed by atoms with E-state index < -0.39 is 11.9 Å². The molecule has 0 aliphatic heterocycles. The van der Waals surface area contributed by atoms with E-state index in [1.165, 1.54) is 18.7 Å². The molecule has 0 fully saturated rings. The fourth-order valence-electron chi connectivity index (χ4n) is 2.71. The van der Waals surface area contributed by atoms with Crippen LogP contribution in [0.25, 0.3) is 17.3 Å². The zero-order valence-electron chi connectivity index (χ0n) is 15.2. The van der Waals surface area contributed by atoms with Gasteiger partial charge in [-0.2, -0.15) is 0 Å². The zero-order valence-corrected chi connectivity index (χ0v) is 15.2. The van der Waals surface area contributed by atoms with Gasteiger partial charge in [0.05, 0.1) is 12.8 Å². The molecular weight excluding hydrogens is 358 g/mol. The summed E-state index contributed by atoms with van der Waals surface area (Å²) in [5.74, 6) is -0.449. The first-order valence-electron chi connectivity index (χ1n) is 8.54. The summed E-state index contributed by atoms with van der Waals surface area (Å²) in [6.45, 7) is 0. The molecule has 0 unspecified atom stereocenters. The molecule has 3 aromatic rings. The Kier molecular flexibility index (Phi) is 5.98. The molecule has 0 spiro atoms. The summed E-state index contributed by atoms with van der Waals surface area (Å²) in [5, 5.41) is 8.49. The standard InChI is InChI=1S/C21H19N3O4/c1-28-21(26)20-19(16-5-3-2-4-6-16)22-17(23-20)13-15-9-7-14(8-10-15)11-12-18(25)24-27/h2-12,27H,13H2,1H3,(H,22,23)(H,24,25)/b12-11+. The maximum absolute atomic E-state index is 12.1. The Labute approximate surface area is 161 Å². The van der Waals surface area contributed by atoms with Crippen molar-refractivity contribution in [2.24, 2.45) is 0 Å². The van der Waals surface area contributed by atoms with Crippen molar-refractivity contribution < 1.29 is 19.5 Å². The average Bonchev–Trinajstić information content (AvgIpc) is 3.16. The van der Waals surface area contributed by atoms with Gasteiger partial charge >= 0.3 is 5.97 Å².